The Morgan fingerprint density at radius 2 is 2.07 bits per heavy atom. The van der Waals surface area contributed by atoms with Crippen LogP contribution in [-0.4, -0.2) is 9.55 Å². The molecule has 0 N–H and O–H groups in total. The highest BCUT2D eigenvalue weighted by Crippen LogP contribution is 2.12. The fourth-order valence-electron chi connectivity index (χ4n) is 1.65. The minimum absolute atomic E-state index is 1.02. The SMILES string of the molecule is [CH2]CCCCn1cnc2ccccc21. The van der Waals surface area contributed by atoms with E-state index in [2.05, 4.69) is 28.6 Å². The average Bonchev–Trinajstić information content (AvgIpc) is 2.63. The largest absolute Gasteiger partial charge is 0.331 e. The minimum atomic E-state index is 1.02. The Kier molecular flexibility index (Phi) is 2.82. The van der Waals surface area contributed by atoms with E-state index in [0.29, 0.717) is 0 Å². The summed E-state index contributed by atoms with van der Waals surface area (Å²) in [6.07, 6.45) is 5.32. The standard InChI is InChI=1S/C12H15N2/c1-2-3-6-9-14-10-13-11-7-4-5-8-12(11)14/h4-5,7-8,10H,1-3,6,9H2. The van der Waals surface area contributed by atoms with E-state index in [0.717, 1.165) is 18.5 Å². The quantitative estimate of drug-likeness (QED) is 0.673. The molecule has 1 radical (unpaired) electrons. The Balaban J connectivity index is 2.17. The Morgan fingerprint density at radius 1 is 1.21 bits per heavy atom. The Hall–Kier alpha value is -1.31. The summed E-state index contributed by atoms with van der Waals surface area (Å²) in [7, 11) is 0. The molecule has 0 fully saturated rings. The smallest absolute Gasteiger partial charge is 0.0958 e. The molecule has 1 heterocycles. The van der Waals surface area contributed by atoms with Gasteiger partial charge in [0.15, 0.2) is 0 Å². The molecule has 0 bridgehead atoms. The van der Waals surface area contributed by atoms with Crippen molar-refractivity contribution in [3.63, 3.8) is 0 Å². The van der Waals surface area contributed by atoms with Crippen molar-refractivity contribution in [3.8, 4) is 0 Å². The second-order valence-electron chi connectivity index (χ2n) is 3.49. The van der Waals surface area contributed by atoms with Crippen LogP contribution in [0.5, 0.6) is 0 Å². The third kappa shape index (κ3) is 1.79. The molecule has 1 aromatic carbocycles. The maximum absolute atomic E-state index is 4.34. The molecule has 14 heavy (non-hydrogen) atoms. The van der Waals surface area contributed by atoms with E-state index in [1.807, 2.05) is 18.5 Å². The molecular formula is C12H15N2. The van der Waals surface area contributed by atoms with Crippen LogP contribution in [0.15, 0.2) is 30.6 Å². The Labute approximate surface area is 84.6 Å². The topological polar surface area (TPSA) is 17.8 Å². The van der Waals surface area contributed by atoms with Crippen LogP contribution in [0.25, 0.3) is 11.0 Å². The molecule has 2 rings (SSSR count). The van der Waals surface area contributed by atoms with Crippen molar-refractivity contribution < 1.29 is 0 Å². The van der Waals surface area contributed by atoms with Gasteiger partial charge >= 0.3 is 0 Å². The van der Waals surface area contributed by atoms with Crippen LogP contribution in [0, 0.1) is 6.92 Å². The zero-order chi connectivity index (χ0) is 9.80. The summed E-state index contributed by atoms with van der Waals surface area (Å²) in [5.74, 6) is 0. The number of benzene rings is 1. The summed E-state index contributed by atoms with van der Waals surface area (Å²) < 4.78 is 2.21. The van der Waals surface area contributed by atoms with E-state index < -0.39 is 0 Å². The number of rotatable bonds is 4. The number of nitrogens with zero attached hydrogens (tertiary/aromatic N) is 2. The molecule has 2 nitrogen and oxygen atoms in total. The van der Waals surface area contributed by atoms with Gasteiger partial charge in [0.25, 0.3) is 0 Å². The fourth-order valence-corrected chi connectivity index (χ4v) is 1.65. The van der Waals surface area contributed by atoms with E-state index in [1.165, 1.54) is 18.4 Å². The number of hydrogen-bond donors (Lipinski definition) is 0. The third-order valence-corrected chi connectivity index (χ3v) is 2.43. The van der Waals surface area contributed by atoms with Crippen LogP contribution < -0.4 is 0 Å². The van der Waals surface area contributed by atoms with Crippen LogP contribution in [0.1, 0.15) is 19.3 Å². The summed E-state index contributed by atoms with van der Waals surface area (Å²) in [5.41, 5.74) is 2.32. The molecule has 2 aromatic rings. The van der Waals surface area contributed by atoms with Crippen LogP contribution in [-0.2, 0) is 6.54 Å². The van der Waals surface area contributed by atoms with Gasteiger partial charge in [-0.3, -0.25) is 0 Å². The van der Waals surface area contributed by atoms with Gasteiger partial charge in [0.05, 0.1) is 17.4 Å². The first-order valence-corrected chi connectivity index (χ1v) is 5.11. The molecule has 0 amide bonds. The normalized spacial score (nSPS) is 10.9. The Bertz CT molecular complexity index is 403. The van der Waals surface area contributed by atoms with Crippen LogP contribution in [0.4, 0.5) is 0 Å². The highest BCUT2D eigenvalue weighted by molar-refractivity contribution is 5.74. The minimum Gasteiger partial charge on any atom is -0.331 e. The summed E-state index contributed by atoms with van der Waals surface area (Å²) in [6, 6.07) is 8.25. The molecule has 73 valence electrons. The number of fused-ring (bicyclic) bond motifs is 1. The summed E-state index contributed by atoms with van der Waals surface area (Å²) >= 11 is 0. The molecule has 2 heteroatoms. The zero-order valence-electron chi connectivity index (χ0n) is 8.32. The van der Waals surface area contributed by atoms with Gasteiger partial charge in [-0.2, -0.15) is 0 Å². The number of unbranched alkanes of at least 4 members (excludes halogenated alkanes) is 2. The second kappa shape index (κ2) is 4.27. The molecule has 0 spiro atoms. The molecule has 0 atom stereocenters. The monoisotopic (exact) mass is 187 g/mol. The van der Waals surface area contributed by atoms with Crippen molar-refractivity contribution in [1.82, 2.24) is 9.55 Å². The number of aromatic nitrogens is 2. The van der Waals surface area contributed by atoms with E-state index >= 15 is 0 Å². The first kappa shape index (κ1) is 9.25. The van der Waals surface area contributed by atoms with Crippen LogP contribution >= 0.6 is 0 Å². The summed E-state index contributed by atoms with van der Waals surface area (Å²) in [5, 5.41) is 0. The number of para-hydroxylation sites is 2. The van der Waals surface area contributed by atoms with Crippen molar-refractivity contribution in [3.05, 3.63) is 37.5 Å². The van der Waals surface area contributed by atoms with Crippen LogP contribution in [0.2, 0.25) is 0 Å². The average molecular weight is 187 g/mol. The van der Waals surface area contributed by atoms with Crippen molar-refractivity contribution in [2.45, 2.75) is 25.8 Å². The van der Waals surface area contributed by atoms with Gasteiger partial charge in [0.2, 0.25) is 0 Å². The van der Waals surface area contributed by atoms with Gasteiger partial charge in [0.1, 0.15) is 0 Å². The molecular weight excluding hydrogens is 172 g/mol. The molecule has 0 unspecified atom stereocenters. The highest BCUT2D eigenvalue weighted by atomic mass is 15.0. The zero-order valence-corrected chi connectivity index (χ0v) is 8.32. The summed E-state index contributed by atoms with van der Waals surface area (Å²) in [6.45, 7) is 4.89. The lowest BCUT2D eigenvalue weighted by Crippen LogP contribution is -1.95. The lowest BCUT2D eigenvalue weighted by Gasteiger charge is -2.02. The predicted molar refractivity (Wildman–Crippen MR) is 58.9 cm³/mol. The fraction of sp³-hybridized carbons (Fsp3) is 0.333. The van der Waals surface area contributed by atoms with Gasteiger partial charge in [-0.25, -0.2) is 4.98 Å². The molecule has 1 aromatic heterocycles. The van der Waals surface area contributed by atoms with Gasteiger partial charge in [-0.1, -0.05) is 31.9 Å². The van der Waals surface area contributed by atoms with Crippen molar-refractivity contribution >= 4 is 11.0 Å². The first-order valence-electron chi connectivity index (χ1n) is 5.11. The van der Waals surface area contributed by atoms with Crippen LogP contribution in [0.3, 0.4) is 0 Å². The highest BCUT2D eigenvalue weighted by Gasteiger charge is 1.99. The molecule has 0 aliphatic heterocycles. The molecule has 0 saturated carbocycles. The first-order chi connectivity index (χ1) is 6.92. The van der Waals surface area contributed by atoms with Gasteiger partial charge in [-0.05, 0) is 18.6 Å². The number of aryl methyl sites for hydroxylation is 1. The lowest BCUT2D eigenvalue weighted by molar-refractivity contribution is 0.625. The van der Waals surface area contributed by atoms with E-state index in [9.17, 15) is 0 Å². The third-order valence-electron chi connectivity index (χ3n) is 2.43. The molecule has 0 saturated heterocycles. The second-order valence-corrected chi connectivity index (χ2v) is 3.49. The maximum atomic E-state index is 4.34. The summed E-state index contributed by atoms with van der Waals surface area (Å²) in [4.78, 5) is 4.34. The van der Waals surface area contributed by atoms with E-state index in [4.69, 9.17) is 0 Å². The van der Waals surface area contributed by atoms with E-state index in [1.54, 1.807) is 0 Å². The van der Waals surface area contributed by atoms with Gasteiger partial charge < -0.3 is 4.57 Å². The molecule has 0 aliphatic rings. The van der Waals surface area contributed by atoms with E-state index in [-0.39, 0.29) is 0 Å². The molecule has 0 aliphatic carbocycles. The predicted octanol–water partition coefficient (Wildman–Crippen LogP) is 3.04. The number of hydrogen-bond acceptors (Lipinski definition) is 1. The number of imidazole rings is 1. The van der Waals surface area contributed by atoms with Gasteiger partial charge in [0, 0.05) is 6.54 Å². The van der Waals surface area contributed by atoms with Crippen molar-refractivity contribution in [1.29, 1.82) is 0 Å². The Morgan fingerprint density at radius 3 is 2.93 bits per heavy atom. The lowest BCUT2D eigenvalue weighted by atomic mass is 10.2. The van der Waals surface area contributed by atoms with Crippen molar-refractivity contribution in [2.75, 3.05) is 0 Å². The maximum Gasteiger partial charge on any atom is 0.0958 e. The van der Waals surface area contributed by atoms with Crippen molar-refractivity contribution in [2.24, 2.45) is 0 Å². The van der Waals surface area contributed by atoms with Gasteiger partial charge in [-0.15, -0.1) is 0 Å².